The van der Waals surface area contributed by atoms with Gasteiger partial charge in [-0.1, -0.05) is 0 Å². The summed E-state index contributed by atoms with van der Waals surface area (Å²) in [5, 5.41) is 0. The molecule has 0 amide bonds. The Morgan fingerprint density at radius 1 is 1.40 bits per heavy atom. The summed E-state index contributed by atoms with van der Waals surface area (Å²) in [5.41, 5.74) is 0. The molecule has 60 valence electrons. The average molecular weight is 164 g/mol. The van der Waals surface area contributed by atoms with Crippen molar-refractivity contribution in [3.05, 3.63) is 0 Å². The minimum absolute atomic E-state index is 0.264. The highest BCUT2D eigenvalue weighted by molar-refractivity contribution is 7.92. The molecule has 0 saturated carbocycles. The first-order valence-corrected chi connectivity index (χ1v) is 4.97. The van der Waals surface area contributed by atoms with Gasteiger partial charge in [-0.15, -0.1) is 0 Å². The highest BCUT2D eigenvalue weighted by Gasteiger charge is 2.37. The second-order valence-corrected chi connectivity index (χ2v) is 5.54. The van der Waals surface area contributed by atoms with E-state index in [4.69, 9.17) is 4.74 Å². The number of hydrogen-bond acceptors (Lipinski definition) is 3. The van der Waals surface area contributed by atoms with E-state index >= 15 is 0 Å². The van der Waals surface area contributed by atoms with Gasteiger partial charge in [-0.3, -0.25) is 0 Å². The number of rotatable bonds is 0. The Morgan fingerprint density at radius 2 is 2.00 bits per heavy atom. The SMILES string of the molecule is CC1(C)OCCCS1(=O)=O. The third-order valence-corrected chi connectivity index (χ3v) is 4.20. The molecule has 10 heavy (non-hydrogen) atoms. The highest BCUT2D eigenvalue weighted by Crippen LogP contribution is 2.23. The zero-order valence-electron chi connectivity index (χ0n) is 6.25. The molecule has 0 unspecified atom stereocenters. The topological polar surface area (TPSA) is 43.4 Å². The second kappa shape index (κ2) is 2.20. The van der Waals surface area contributed by atoms with Gasteiger partial charge in [-0.2, -0.15) is 0 Å². The third-order valence-electron chi connectivity index (χ3n) is 1.76. The molecule has 0 aromatic rings. The van der Waals surface area contributed by atoms with Gasteiger partial charge in [0.05, 0.1) is 5.75 Å². The molecule has 0 aromatic carbocycles. The molecule has 1 aliphatic rings. The molecule has 4 heteroatoms. The van der Waals surface area contributed by atoms with E-state index in [1.54, 1.807) is 13.8 Å². The molecule has 0 aliphatic carbocycles. The molecule has 0 bridgehead atoms. The molecule has 0 radical (unpaired) electrons. The molecule has 0 atom stereocenters. The maximum atomic E-state index is 11.2. The Bertz CT molecular complexity index is 215. The highest BCUT2D eigenvalue weighted by atomic mass is 32.2. The lowest BCUT2D eigenvalue weighted by Crippen LogP contribution is -2.41. The van der Waals surface area contributed by atoms with Crippen LogP contribution in [0.4, 0.5) is 0 Å². The van der Waals surface area contributed by atoms with Crippen molar-refractivity contribution in [2.45, 2.75) is 25.2 Å². The molecule has 1 heterocycles. The van der Waals surface area contributed by atoms with Gasteiger partial charge in [0.15, 0.2) is 14.8 Å². The van der Waals surface area contributed by atoms with Gasteiger partial charge in [0, 0.05) is 6.61 Å². The van der Waals surface area contributed by atoms with E-state index in [2.05, 4.69) is 0 Å². The molecule has 1 rings (SSSR count). The van der Waals surface area contributed by atoms with Crippen LogP contribution < -0.4 is 0 Å². The molecule has 0 aromatic heterocycles. The third kappa shape index (κ3) is 1.18. The van der Waals surface area contributed by atoms with Gasteiger partial charge in [0.25, 0.3) is 0 Å². The van der Waals surface area contributed by atoms with Crippen molar-refractivity contribution in [2.24, 2.45) is 0 Å². The lowest BCUT2D eigenvalue weighted by Gasteiger charge is -2.29. The smallest absolute Gasteiger partial charge is 0.179 e. The fourth-order valence-corrected chi connectivity index (χ4v) is 2.15. The fourth-order valence-electron chi connectivity index (χ4n) is 0.902. The van der Waals surface area contributed by atoms with Crippen LogP contribution >= 0.6 is 0 Å². The largest absolute Gasteiger partial charge is 0.360 e. The van der Waals surface area contributed by atoms with Crippen LogP contribution in [0, 0.1) is 0 Å². The van der Waals surface area contributed by atoms with E-state index in [1.165, 1.54) is 0 Å². The van der Waals surface area contributed by atoms with Crippen molar-refractivity contribution in [1.82, 2.24) is 0 Å². The van der Waals surface area contributed by atoms with Crippen LogP contribution in [0.3, 0.4) is 0 Å². The first kappa shape index (κ1) is 8.01. The molecule has 1 aliphatic heterocycles. The molecular weight excluding hydrogens is 152 g/mol. The maximum absolute atomic E-state index is 11.2. The van der Waals surface area contributed by atoms with E-state index in [0.29, 0.717) is 13.0 Å². The summed E-state index contributed by atoms with van der Waals surface area (Å²) >= 11 is 0. The Labute approximate surface area is 61.3 Å². The van der Waals surface area contributed by atoms with Crippen molar-refractivity contribution >= 4 is 9.84 Å². The van der Waals surface area contributed by atoms with Crippen molar-refractivity contribution in [3.8, 4) is 0 Å². The van der Waals surface area contributed by atoms with Crippen LogP contribution in [0.2, 0.25) is 0 Å². The van der Waals surface area contributed by atoms with Gasteiger partial charge < -0.3 is 4.74 Å². The second-order valence-electron chi connectivity index (χ2n) is 2.92. The molecule has 0 N–H and O–H groups in total. The molecule has 0 spiro atoms. The molecule has 1 fully saturated rings. The van der Waals surface area contributed by atoms with Gasteiger partial charge in [-0.25, -0.2) is 8.42 Å². The van der Waals surface area contributed by atoms with Crippen molar-refractivity contribution in [3.63, 3.8) is 0 Å². The fraction of sp³-hybridized carbons (Fsp3) is 1.00. The van der Waals surface area contributed by atoms with E-state index in [1.807, 2.05) is 0 Å². The van der Waals surface area contributed by atoms with Crippen molar-refractivity contribution in [1.29, 1.82) is 0 Å². The zero-order chi connectivity index (χ0) is 7.83. The minimum atomic E-state index is -2.98. The Kier molecular flexibility index (Phi) is 1.76. The van der Waals surface area contributed by atoms with Gasteiger partial charge in [0.1, 0.15) is 0 Å². The molecular formula is C6H12O3S. The predicted octanol–water partition coefficient (Wildman–Crippen LogP) is 0.558. The van der Waals surface area contributed by atoms with Crippen LogP contribution in [-0.4, -0.2) is 25.7 Å². The first-order chi connectivity index (χ1) is 4.46. The van der Waals surface area contributed by atoms with Crippen LogP contribution in [0.15, 0.2) is 0 Å². The number of sulfone groups is 1. The Morgan fingerprint density at radius 3 is 2.30 bits per heavy atom. The summed E-state index contributed by atoms with van der Waals surface area (Å²) in [6.07, 6.45) is 0.631. The quantitative estimate of drug-likeness (QED) is 0.525. The summed E-state index contributed by atoms with van der Waals surface area (Å²) in [7, 11) is -2.98. The lowest BCUT2D eigenvalue weighted by atomic mass is 10.4. The summed E-state index contributed by atoms with van der Waals surface area (Å²) < 4.78 is 27.4. The number of hydrogen-bond donors (Lipinski definition) is 0. The van der Waals surface area contributed by atoms with Crippen molar-refractivity contribution in [2.75, 3.05) is 12.4 Å². The van der Waals surface area contributed by atoms with E-state index in [9.17, 15) is 8.42 Å². The predicted molar refractivity (Wildman–Crippen MR) is 38.4 cm³/mol. The average Bonchev–Trinajstić information content (AvgIpc) is 1.77. The number of ether oxygens (including phenoxy) is 1. The zero-order valence-corrected chi connectivity index (χ0v) is 7.07. The van der Waals surface area contributed by atoms with Gasteiger partial charge in [0.2, 0.25) is 0 Å². The van der Waals surface area contributed by atoms with E-state index in [0.717, 1.165) is 0 Å². The summed E-state index contributed by atoms with van der Waals surface area (Å²) in [4.78, 5) is -0.953. The summed E-state index contributed by atoms with van der Waals surface area (Å²) in [5.74, 6) is 0.264. The van der Waals surface area contributed by atoms with Gasteiger partial charge in [-0.05, 0) is 20.3 Å². The first-order valence-electron chi connectivity index (χ1n) is 3.32. The van der Waals surface area contributed by atoms with Crippen LogP contribution in [0.5, 0.6) is 0 Å². The van der Waals surface area contributed by atoms with Crippen LogP contribution in [0.25, 0.3) is 0 Å². The minimum Gasteiger partial charge on any atom is -0.360 e. The van der Waals surface area contributed by atoms with E-state index in [-0.39, 0.29) is 5.75 Å². The van der Waals surface area contributed by atoms with Gasteiger partial charge >= 0.3 is 0 Å². The maximum Gasteiger partial charge on any atom is 0.179 e. The molecule has 3 nitrogen and oxygen atoms in total. The summed E-state index contributed by atoms with van der Waals surface area (Å²) in [6.45, 7) is 3.76. The molecule has 1 saturated heterocycles. The van der Waals surface area contributed by atoms with Crippen LogP contribution in [0.1, 0.15) is 20.3 Å². The Hall–Kier alpha value is -0.0900. The standard InChI is InChI=1S/C6H12O3S/c1-6(2)9-4-3-5-10(6,7)8/h3-5H2,1-2H3. The lowest BCUT2D eigenvalue weighted by molar-refractivity contribution is 0.0357. The van der Waals surface area contributed by atoms with Crippen LogP contribution in [-0.2, 0) is 14.6 Å². The van der Waals surface area contributed by atoms with E-state index < -0.39 is 14.8 Å². The Balaban J connectivity index is 2.92. The normalized spacial score (nSPS) is 29.8. The monoisotopic (exact) mass is 164 g/mol. The van der Waals surface area contributed by atoms with Crippen molar-refractivity contribution < 1.29 is 13.2 Å². The summed E-state index contributed by atoms with van der Waals surface area (Å²) in [6, 6.07) is 0.